The number of hydrogen-bond acceptors (Lipinski definition) is 8. The van der Waals surface area contributed by atoms with Crippen molar-refractivity contribution in [3.05, 3.63) is 101 Å². The second kappa shape index (κ2) is 13.4. The zero-order valence-electron chi connectivity index (χ0n) is 24.4. The maximum absolute atomic E-state index is 14.1. The number of nitriles is 8. The summed E-state index contributed by atoms with van der Waals surface area (Å²) in [5, 5.41) is 75.2. The summed E-state index contributed by atoms with van der Waals surface area (Å²) in [6.07, 6.45) is -23.1. The van der Waals surface area contributed by atoms with Gasteiger partial charge in [0.05, 0.1) is 78.9 Å². The molecule has 256 valence electrons. The summed E-state index contributed by atoms with van der Waals surface area (Å²) in [4.78, 5) is 0. The molecule has 0 saturated heterocycles. The molecule has 3 aromatic carbocycles. The van der Waals surface area contributed by atoms with Gasteiger partial charge in [0.25, 0.3) is 0 Å². The second-order valence-electron chi connectivity index (χ2n) is 9.78. The number of halogens is 12. The SMILES string of the molecule is N#CC(c1cc(C(F)(F)F)c(C#N)c(C(F)(F)F)c1C#N)=c1cc(C#N)c(=C(C#N)c2cc(C(F)(F)F)c(C#N)c(C(F)(F)F)c2C#N)c(C#N)c1. The minimum Gasteiger partial charge on any atom is -0.192 e. The largest absolute Gasteiger partial charge is 0.419 e. The molecule has 52 heavy (non-hydrogen) atoms. The summed E-state index contributed by atoms with van der Waals surface area (Å²) < 4.78 is 168. The molecule has 0 heterocycles. The Hall–Kier alpha value is -7.52. The van der Waals surface area contributed by atoms with Crippen molar-refractivity contribution in [1.82, 2.24) is 0 Å². The van der Waals surface area contributed by atoms with Crippen molar-refractivity contribution in [2.45, 2.75) is 24.7 Å². The van der Waals surface area contributed by atoms with E-state index >= 15 is 0 Å². The Morgan fingerprint density at radius 1 is 0.404 bits per heavy atom. The van der Waals surface area contributed by atoms with Crippen molar-refractivity contribution < 1.29 is 52.7 Å². The summed E-state index contributed by atoms with van der Waals surface area (Å²) in [5.41, 5.74) is -24.8. The van der Waals surface area contributed by atoms with Crippen LogP contribution in [0, 0.1) is 90.6 Å². The minimum absolute atomic E-state index is 0.170. The molecule has 0 amide bonds. The Balaban J connectivity index is 2.82. The van der Waals surface area contributed by atoms with Crippen LogP contribution < -0.4 is 10.4 Å². The molecule has 3 rings (SSSR count). The van der Waals surface area contributed by atoms with E-state index in [-0.39, 0.29) is 12.1 Å². The monoisotopic (exact) mass is 728 g/mol. The van der Waals surface area contributed by atoms with Crippen LogP contribution in [0.3, 0.4) is 0 Å². The lowest BCUT2D eigenvalue weighted by atomic mass is 9.86. The van der Waals surface area contributed by atoms with Crippen molar-refractivity contribution in [2.75, 3.05) is 0 Å². The first-order valence-corrected chi connectivity index (χ1v) is 12.9. The summed E-state index contributed by atoms with van der Waals surface area (Å²) in [5.74, 6) is 0. The number of benzene rings is 3. The van der Waals surface area contributed by atoms with E-state index in [1.54, 1.807) is 0 Å². The van der Waals surface area contributed by atoms with Crippen molar-refractivity contribution in [2.24, 2.45) is 0 Å². The molecular weight excluding hydrogens is 724 g/mol. The molecule has 0 N–H and O–H groups in total. The highest BCUT2D eigenvalue weighted by atomic mass is 19.4. The third-order valence-electron chi connectivity index (χ3n) is 6.96. The summed E-state index contributed by atoms with van der Waals surface area (Å²) in [7, 11) is 0. The third-order valence-corrected chi connectivity index (χ3v) is 6.96. The van der Waals surface area contributed by atoms with Crippen molar-refractivity contribution in [3.63, 3.8) is 0 Å². The van der Waals surface area contributed by atoms with Crippen LogP contribution >= 0.6 is 0 Å². The maximum Gasteiger partial charge on any atom is 0.419 e. The second-order valence-corrected chi connectivity index (χ2v) is 9.78. The van der Waals surface area contributed by atoms with E-state index in [1.165, 1.54) is 24.3 Å². The molecule has 20 heteroatoms. The average molecular weight is 728 g/mol. The first-order valence-electron chi connectivity index (χ1n) is 12.9. The lowest BCUT2D eigenvalue weighted by molar-refractivity contribution is -0.145. The number of alkyl halides is 12. The molecule has 8 nitrogen and oxygen atoms in total. The highest BCUT2D eigenvalue weighted by molar-refractivity contribution is 5.86. The van der Waals surface area contributed by atoms with Crippen LogP contribution in [0.1, 0.15) is 66.8 Å². The standard InChI is InChI=1S/C32H4F12N8/c33-29(34,35)24-3-16(20(9-49)27(22(24)11-51)31(39,40)41)18(7-47)13-1-14(5-45)26(15(2-13)6-46)19(8-48)17-4-25(30(36,37)38)23(12-52)28(21(17)10-50)32(42,43)44/h1-4H. The van der Waals surface area contributed by atoms with Crippen LogP contribution in [-0.2, 0) is 24.7 Å². The minimum atomic E-state index is -5.85. The summed E-state index contributed by atoms with van der Waals surface area (Å²) >= 11 is 0. The Kier molecular flexibility index (Phi) is 10.0. The van der Waals surface area contributed by atoms with Gasteiger partial charge in [-0.3, -0.25) is 0 Å². The van der Waals surface area contributed by atoms with Gasteiger partial charge in [0.1, 0.15) is 36.4 Å². The number of rotatable bonds is 2. The summed E-state index contributed by atoms with van der Waals surface area (Å²) in [6.45, 7) is 0. The fraction of sp³-hybridized carbons (Fsp3) is 0.125. The lowest BCUT2D eigenvalue weighted by Crippen LogP contribution is -2.25. The normalized spacial score (nSPS) is 11.3. The highest BCUT2D eigenvalue weighted by Gasteiger charge is 2.46. The van der Waals surface area contributed by atoms with E-state index in [9.17, 15) is 94.8 Å². The molecule has 0 fully saturated rings. The predicted molar refractivity (Wildman–Crippen MR) is 143 cm³/mol. The van der Waals surface area contributed by atoms with Crippen molar-refractivity contribution >= 4 is 11.1 Å². The molecule has 0 bridgehead atoms. The van der Waals surface area contributed by atoms with Gasteiger partial charge in [-0.05, 0) is 29.5 Å². The maximum atomic E-state index is 14.1. The van der Waals surface area contributed by atoms with Gasteiger partial charge in [0.15, 0.2) is 0 Å². The summed E-state index contributed by atoms with van der Waals surface area (Å²) in [6, 6.07) is 8.73. The molecule has 0 aliphatic carbocycles. The van der Waals surface area contributed by atoms with Crippen molar-refractivity contribution in [1.29, 1.82) is 42.1 Å². The van der Waals surface area contributed by atoms with Crippen LogP contribution in [0.2, 0.25) is 0 Å². The van der Waals surface area contributed by atoms with E-state index in [4.69, 9.17) is 0 Å². The van der Waals surface area contributed by atoms with Gasteiger partial charge in [-0.15, -0.1) is 0 Å². The van der Waals surface area contributed by atoms with Gasteiger partial charge in [0.2, 0.25) is 0 Å². The van der Waals surface area contributed by atoms with Crippen LogP contribution in [0.5, 0.6) is 0 Å². The molecule has 0 aliphatic heterocycles. The Morgan fingerprint density at radius 3 is 0.981 bits per heavy atom. The lowest BCUT2D eigenvalue weighted by Gasteiger charge is -2.19. The van der Waals surface area contributed by atoms with Crippen LogP contribution in [0.25, 0.3) is 11.1 Å². The fourth-order valence-corrected chi connectivity index (χ4v) is 5.00. The topological polar surface area (TPSA) is 190 Å². The van der Waals surface area contributed by atoms with Gasteiger partial charge in [0, 0.05) is 16.3 Å². The van der Waals surface area contributed by atoms with E-state index in [0.29, 0.717) is 24.3 Å². The predicted octanol–water partition coefficient (Wildman–Crippen LogP) is 6.44. The molecule has 0 aromatic heterocycles. The van der Waals surface area contributed by atoms with Gasteiger partial charge in [-0.2, -0.15) is 94.8 Å². The quantitative estimate of drug-likeness (QED) is 0.269. The van der Waals surface area contributed by atoms with Gasteiger partial charge in [-0.1, -0.05) is 0 Å². The van der Waals surface area contributed by atoms with Gasteiger partial charge < -0.3 is 0 Å². The van der Waals surface area contributed by atoms with E-state index < -0.39 is 113 Å². The smallest absolute Gasteiger partial charge is 0.192 e. The van der Waals surface area contributed by atoms with Gasteiger partial charge in [-0.25, -0.2) is 0 Å². The Bertz CT molecular complexity index is 2510. The van der Waals surface area contributed by atoms with Crippen LogP contribution in [0.4, 0.5) is 52.7 Å². The first-order chi connectivity index (χ1) is 24.0. The fourth-order valence-electron chi connectivity index (χ4n) is 5.00. The average Bonchev–Trinajstić information content (AvgIpc) is 3.05. The zero-order chi connectivity index (χ0) is 39.7. The molecule has 0 unspecified atom stereocenters. The zero-order valence-corrected chi connectivity index (χ0v) is 24.4. The van der Waals surface area contributed by atoms with E-state index in [2.05, 4.69) is 0 Å². The van der Waals surface area contributed by atoms with Crippen molar-refractivity contribution in [3.8, 4) is 48.6 Å². The molecule has 0 aliphatic rings. The molecule has 3 aromatic rings. The van der Waals surface area contributed by atoms with Crippen LogP contribution in [-0.4, -0.2) is 0 Å². The molecule has 0 radical (unpaired) electrons. The van der Waals surface area contributed by atoms with E-state index in [1.807, 2.05) is 0 Å². The van der Waals surface area contributed by atoms with Crippen LogP contribution in [0.15, 0.2) is 24.3 Å². The third kappa shape index (κ3) is 6.70. The molecular formula is C32H4F12N8. The highest BCUT2D eigenvalue weighted by Crippen LogP contribution is 2.45. The number of nitrogens with zero attached hydrogens (tertiary/aromatic N) is 8. The Morgan fingerprint density at radius 2 is 0.731 bits per heavy atom. The molecule has 0 saturated carbocycles. The van der Waals surface area contributed by atoms with Gasteiger partial charge >= 0.3 is 24.7 Å². The first kappa shape index (κ1) is 38.9. The van der Waals surface area contributed by atoms with E-state index in [0.717, 1.165) is 12.1 Å². The molecule has 0 atom stereocenters. The number of hydrogen-bond donors (Lipinski definition) is 0. The Labute approximate surface area is 280 Å². The molecule has 0 spiro atoms.